The average Bonchev–Trinajstić information content (AvgIpc) is 2.76. The summed E-state index contributed by atoms with van der Waals surface area (Å²) in [6.45, 7) is 8.84. The van der Waals surface area contributed by atoms with Gasteiger partial charge in [-0.05, 0) is 24.5 Å². The lowest BCUT2D eigenvalue weighted by atomic mass is 9.64. The van der Waals surface area contributed by atoms with Gasteiger partial charge in [0.15, 0.2) is 0 Å². The van der Waals surface area contributed by atoms with Crippen molar-refractivity contribution in [3.63, 3.8) is 0 Å². The summed E-state index contributed by atoms with van der Waals surface area (Å²) in [7, 11) is 1.81. The van der Waals surface area contributed by atoms with Gasteiger partial charge >= 0.3 is 0 Å². The zero-order chi connectivity index (χ0) is 13.2. The van der Waals surface area contributed by atoms with Gasteiger partial charge < -0.3 is 14.6 Å². The van der Waals surface area contributed by atoms with Crippen LogP contribution in [-0.2, 0) is 17.8 Å². The minimum Gasteiger partial charge on any atom is -0.381 e. The van der Waals surface area contributed by atoms with E-state index in [2.05, 4.69) is 49.1 Å². The lowest BCUT2D eigenvalue weighted by Crippen LogP contribution is -2.60. The first kappa shape index (κ1) is 13.6. The smallest absolute Gasteiger partial charge is 0.0652 e. The van der Waals surface area contributed by atoms with Crippen molar-refractivity contribution in [3.05, 3.63) is 24.0 Å². The van der Waals surface area contributed by atoms with Crippen LogP contribution in [-0.4, -0.2) is 23.8 Å². The number of ether oxygens (including phenoxy) is 1. The van der Waals surface area contributed by atoms with Gasteiger partial charge in [-0.1, -0.05) is 20.8 Å². The quantitative estimate of drug-likeness (QED) is 0.840. The van der Waals surface area contributed by atoms with Gasteiger partial charge in [-0.3, -0.25) is 0 Å². The van der Waals surface area contributed by atoms with Crippen molar-refractivity contribution in [1.29, 1.82) is 0 Å². The fraction of sp³-hybridized carbons (Fsp3) is 0.733. The average molecular weight is 250 g/mol. The molecule has 0 saturated heterocycles. The maximum atomic E-state index is 5.48. The largest absolute Gasteiger partial charge is 0.381 e. The molecule has 1 saturated carbocycles. The van der Waals surface area contributed by atoms with Crippen LogP contribution in [0.25, 0.3) is 0 Å². The van der Waals surface area contributed by atoms with Gasteiger partial charge in [0.25, 0.3) is 0 Å². The van der Waals surface area contributed by atoms with Crippen LogP contribution in [0.15, 0.2) is 18.5 Å². The molecule has 102 valence electrons. The Labute approximate surface area is 111 Å². The molecule has 1 aliphatic carbocycles. The number of methoxy groups -OCH3 is 1. The van der Waals surface area contributed by atoms with E-state index in [1.165, 1.54) is 12.0 Å². The molecule has 2 atom stereocenters. The Balaban J connectivity index is 1.81. The minimum absolute atomic E-state index is 0.251. The molecule has 0 amide bonds. The second-order valence-electron chi connectivity index (χ2n) is 5.97. The second-order valence-corrected chi connectivity index (χ2v) is 5.97. The number of hydrogen-bond acceptors (Lipinski definition) is 2. The summed E-state index contributed by atoms with van der Waals surface area (Å²) in [5.41, 5.74) is 1.63. The van der Waals surface area contributed by atoms with Crippen LogP contribution in [0.4, 0.5) is 0 Å². The molecule has 3 heteroatoms. The van der Waals surface area contributed by atoms with Crippen molar-refractivity contribution in [3.8, 4) is 0 Å². The molecule has 0 aliphatic heterocycles. The molecule has 2 unspecified atom stereocenters. The van der Waals surface area contributed by atoms with E-state index in [4.69, 9.17) is 4.74 Å². The lowest BCUT2D eigenvalue weighted by Gasteiger charge is -2.51. The molecule has 1 N–H and O–H groups in total. The summed E-state index contributed by atoms with van der Waals surface area (Å²) in [6, 6.07) is 2.78. The van der Waals surface area contributed by atoms with Crippen molar-refractivity contribution < 1.29 is 4.74 Å². The van der Waals surface area contributed by atoms with Gasteiger partial charge in [0.1, 0.15) is 0 Å². The highest BCUT2D eigenvalue weighted by atomic mass is 16.5. The molecule has 1 aromatic rings. The van der Waals surface area contributed by atoms with Crippen LogP contribution in [0.5, 0.6) is 0 Å². The Morgan fingerprint density at radius 2 is 2.28 bits per heavy atom. The molecule has 3 nitrogen and oxygen atoms in total. The number of rotatable bonds is 6. The number of aryl methyl sites for hydroxylation is 1. The highest BCUT2D eigenvalue weighted by molar-refractivity contribution is 5.11. The predicted molar refractivity (Wildman–Crippen MR) is 74.5 cm³/mol. The summed E-state index contributed by atoms with van der Waals surface area (Å²) in [6.07, 6.45) is 7.13. The Kier molecular flexibility index (Phi) is 4.13. The summed E-state index contributed by atoms with van der Waals surface area (Å²) in [4.78, 5) is 0. The zero-order valence-corrected chi connectivity index (χ0v) is 12.1. The third-order valence-corrected chi connectivity index (χ3v) is 4.31. The molecular formula is C15H26N2O. The van der Waals surface area contributed by atoms with Gasteiger partial charge in [0, 0.05) is 44.0 Å². The maximum Gasteiger partial charge on any atom is 0.0652 e. The molecule has 1 aromatic heterocycles. The van der Waals surface area contributed by atoms with Crippen LogP contribution in [0.3, 0.4) is 0 Å². The number of nitrogens with zero attached hydrogens (tertiary/aromatic N) is 1. The Hall–Kier alpha value is -0.800. The molecule has 0 spiro atoms. The second kappa shape index (κ2) is 5.45. The van der Waals surface area contributed by atoms with E-state index in [1.807, 2.05) is 7.11 Å². The van der Waals surface area contributed by atoms with Gasteiger partial charge in [0.05, 0.1) is 6.10 Å². The summed E-state index contributed by atoms with van der Waals surface area (Å²) < 4.78 is 7.74. The molecule has 0 radical (unpaired) electrons. The van der Waals surface area contributed by atoms with Crippen molar-refractivity contribution in [2.75, 3.05) is 7.11 Å². The van der Waals surface area contributed by atoms with Gasteiger partial charge in [-0.2, -0.15) is 0 Å². The molecular weight excluding hydrogens is 224 g/mol. The van der Waals surface area contributed by atoms with Crippen molar-refractivity contribution in [2.24, 2.45) is 5.41 Å². The van der Waals surface area contributed by atoms with Crippen molar-refractivity contribution in [2.45, 2.75) is 58.8 Å². The van der Waals surface area contributed by atoms with E-state index in [1.54, 1.807) is 0 Å². The number of nitrogens with one attached hydrogen (secondary N) is 1. The first-order valence-electron chi connectivity index (χ1n) is 6.98. The van der Waals surface area contributed by atoms with Crippen LogP contribution in [0.2, 0.25) is 0 Å². The van der Waals surface area contributed by atoms with E-state index >= 15 is 0 Å². The van der Waals surface area contributed by atoms with Gasteiger partial charge in [0.2, 0.25) is 0 Å². The predicted octanol–water partition coefficient (Wildman–Crippen LogP) is 2.80. The van der Waals surface area contributed by atoms with Crippen LogP contribution in [0.1, 0.15) is 39.2 Å². The molecule has 18 heavy (non-hydrogen) atoms. The van der Waals surface area contributed by atoms with E-state index in [-0.39, 0.29) is 5.41 Å². The first-order chi connectivity index (χ1) is 8.57. The summed E-state index contributed by atoms with van der Waals surface area (Å²) in [5.74, 6) is 0. The highest BCUT2D eigenvalue weighted by Gasteiger charge is 2.48. The van der Waals surface area contributed by atoms with E-state index in [9.17, 15) is 0 Å². The van der Waals surface area contributed by atoms with Crippen LogP contribution >= 0.6 is 0 Å². The van der Waals surface area contributed by atoms with E-state index in [0.717, 1.165) is 19.5 Å². The molecule has 1 heterocycles. The number of aromatic nitrogens is 1. The SMILES string of the molecule is CCCn1ccc(CNC2CC(OC)C2(C)C)c1. The Bertz CT molecular complexity index is 384. The molecule has 0 aromatic carbocycles. The number of hydrogen-bond donors (Lipinski definition) is 1. The van der Waals surface area contributed by atoms with Gasteiger partial charge in [-0.15, -0.1) is 0 Å². The van der Waals surface area contributed by atoms with Crippen molar-refractivity contribution >= 4 is 0 Å². The van der Waals surface area contributed by atoms with E-state index in [0.29, 0.717) is 12.1 Å². The third kappa shape index (κ3) is 2.62. The molecule has 1 fully saturated rings. The van der Waals surface area contributed by atoms with E-state index < -0.39 is 0 Å². The monoisotopic (exact) mass is 250 g/mol. The first-order valence-corrected chi connectivity index (χ1v) is 6.98. The fourth-order valence-corrected chi connectivity index (χ4v) is 2.87. The van der Waals surface area contributed by atoms with Crippen LogP contribution in [0, 0.1) is 5.41 Å². The molecule has 1 aliphatic rings. The molecule has 0 bridgehead atoms. The minimum atomic E-state index is 0.251. The lowest BCUT2D eigenvalue weighted by molar-refractivity contribution is -0.0979. The maximum absolute atomic E-state index is 5.48. The van der Waals surface area contributed by atoms with Crippen molar-refractivity contribution in [1.82, 2.24) is 9.88 Å². The highest BCUT2D eigenvalue weighted by Crippen LogP contribution is 2.42. The Morgan fingerprint density at radius 3 is 2.89 bits per heavy atom. The van der Waals surface area contributed by atoms with Crippen LogP contribution < -0.4 is 5.32 Å². The molecule has 2 rings (SSSR count). The third-order valence-electron chi connectivity index (χ3n) is 4.31. The topological polar surface area (TPSA) is 26.2 Å². The fourth-order valence-electron chi connectivity index (χ4n) is 2.87. The zero-order valence-electron chi connectivity index (χ0n) is 12.1. The normalized spacial score (nSPS) is 26.0. The summed E-state index contributed by atoms with van der Waals surface area (Å²) >= 11 is 0. The van der Waals surface area contributed by atoms with Gasteiger partial charge in [-0.25, -0.2) is 0 Å². The summed E-state index contributed by atoms with van der Waals surface area (Å²) in [5, 5.41) is 3.65. The Morgan fingerprint density at radius 1 is 1.50 bits per heavy atom. The standard InChI is InChI=1S/C15H26N2O/c1-5-7-17-8-6-12(11-17)10-16-13-9-14(18-4)15(13,2)3/h6,8,11,13-14,16H,5,7,9-10H2,1-4H3.